The van der Waals surface area contributed by atoms with Gasteiger partial charge in [-0.15, -0.1) is 0 Å². The number of nitrogens with one attached hydrogen (secondary N) is 2. The Morgan fingerprint density at radius 2 is 1.59 bits per heavy atom. The molecule has 0 aliphatic rings. The first kappa shape index (κ1) is 36.8. The second kappa shape index (κ2) is 19.8. The molecule has 7 nitrogen and oxygen atoms in total. The van der Waals surface area contributed by atoms with Gasteiger partial charge in [-0.2, -0.15) is 11.8 Å². The lowest BCUT2D eigenvalue weighted by molar-refractivity contribution is -0.142. The number of aryl methyl sites for hydroxylation is 2. The highest BCUT2D eigenvalue weighted by Crippen LogP contribution is 2.28. The highest BCUT2D eigenvalue weighted by molar-refractivity contribution is 7.98. The van der Waals surface area contributed by atoms with Gasteiger partial charge in [0.05, 0.1) is 0 Å². The minimum atomic E-state index is -0.794. The van der Waals surface area contributed by atoms with E-state index in [1.807, 2.05) is 38.3 Å². The number of unbranched alkanes of at least 4 members (excludes halogenated alkanes) is 7. The molecule has 0 aliphatic heterocycles. The Morgan fingerprint density at radius 3 is 2.22 bits per heavy atom. The summed E-state index contributed by atoms with van der Waals surface area (Å²) in [6.45, 7) is 14.7. The van der Waals surface area contributed by atoms with Gasteiger partial charge in [0.15, 0.2) is 0 Å². The molecule has 1 aromatic rings. The molecule has 8 heteroatoms. The van der Waals surface area contributed by atoms with Gasteiger partial charge in [-0.25, -0.2) is 4.79 Å². The highest BCUT2D eigenvalue weighted by atomic mass is 32.2. The molecule has 0 saturated carbocycles. The van der Waals surface area contributed by atoms with Crippen molar-refractivity contribution in [2.24, 2.45) is 0 Å². The predicted molar refractivity (Wildman–Crippen MR) is 172 cm³/mol. The van der Waals surface area contributed by atoms with Crippen molar-refractivity contribution in [3.05, 3.63) is 34.9 Å². The average Bonchev–Trinajstić information content (AvgIpc) is 2.90. The van der Waals surface area contributed by atoms with Gasteiger partial charge < -0.3 is 20.3 Å². The third-order valence-corrected chi connectivity index (χ3v) is 7.65. The molecule has 2 N–H and O–H groups in total. The van der Waals surface area contributed by atoms with E-state index in [1.165, 1.54) is 19.3 Å². The summed E-state index contributed by atoms with van der Waals surface area (Å²) in [5.41, 5.74) is 2.14. The summed E-state index contributed by atoms with van der Waals surface area (Å²) < 4.78 is 5.51. The van der Waals surface area contributed by atoms with Gasteiger partial charge in [0.25, 0.3) is 0 Å². The summed E-state index contributed by atoms with van der Waals surface area (Å²) in [5, 5.41) is 5.96. The van der Waals surface area contributed by atoms with E-state index in [2.05, 4.69) is 24.5 Å². The Kier molecular flexibility index (Phi) is 17.8. The zero-order chi connectivity index (χ0) is 30.8. The summed E-state index contributed by atoms with van der Waals surface area (Å²) in [6, 6.07) is 4.49. The number of ether oxygens (including phenoxy) is 1. The van der Waals surface area contributed by atoms with Crippen molar-refractivity contribution in [3.63, 3.8) is 0 Å². The highest BCUT2D eigenvalue weighted by Gasteiger charge is 2.36. The van der Waals surface area contributed by atoms with Crippen LogP contribution >= 0.6 is 11.8 Å². The first-order chi connectivity index (χ1) is 19.4. The van der Waals surface area contributed by atoms with E-state index in [0.717, 1.165) is 55.2 Å². The zero-order valence-electron chi connectivity index (χ0n) is 27.1. The van der Waals surface area contributed by atoms with Crippen molar-refractivity contribution in [2.45, 2.75) is 130 Å². The summed E-state index contributed by atoms with van der Waals surface area (Å²) >= 11 is 1.62. The number of carbonyl (C=O) groups is 3. The van der Waals surface area contributed by atoms with Crippen LogP contribution < -0.4 is 10.6 Å². The molecule has 3 amide bonds. The van der Waals surface area contributed by atoms with E-state index >= 15 is 0 Å². The lowest BCUT2D eigenvalue weighted by Gasteiger charge is -2.35. The average molecular weight is 592 g/mol. The van der Waals surface area contributed by atoms with Gasteiger partial charge in [0.1, 0.15) is 17.7 Å². The van der Waals surface area contributed by atoms with Gasteiger partial charge in [0.2, 0.25) is 11.8 Å². The molecule has 0 aromatic heterocycles. The number of carbonyl (C=O) groups excluding carboxylic acids is 3. The van der Waals surface area contributed by atoms with Crippen molar-refractivity contribution in [1.82, 2.24) is 15.5 Å². The molecule has 0 aliphatic carbocycles. The quantitative estimate of drug-likeness (QED) is 0.163. The molecular formula is C33H57N3O4S. The lowest BCUT2D eigenvalue weighted by atomic mass is 9.95. The molecule has 1 aromatic carbocycles. The maximum atomic E-state index is 14.4. The number of thioether (sulfide) groups is 1. The second-order valence-electron chi connectivity index (χ2n) is 12.0. The van der Waals surface area contributed by atoms with E-state index in [-0.39, 0.29) is 11.8 Å². The van der Waals surface area contributed by atoms with E-state index < -0.39 is 23.8 Å². The van der Waals surface area contributed by atoms with Crippen molar-refractivity contribution < 1.29 is 19.1 Å². The SMILES string of the molecule is CCCCCCCCN(C(=O)C(CCSC)NC(=O)OC(C)(C)C)C(C(=O)NCCCCC)c1cc(C)ccc1C. The fourth-order valence-electron chi connectivity index (χ4n) is 4.76. The standard InChI is InChI=1S/C33H57N3O4S/c1-9-11-13-14-15-17-22-36(31(38)28(20-23-41-8)35-32(39)40-33(5,6)7)29(30(37)34-21-16-12-10-2)27-24-25(3)18-19-26(27)4/h18-19,24,28-29H,9-17,20-23H2,1-8H3,(H,34,37)(H,35,39). The predicted octanol–water partition coefficient (Wildman–Crippen LogP) is 7.49. The molecule has 2 atom stereocenters. The van der Waals surface area contributed by atoms with E-state index in [9.17, 15) is 14.4 Å². The largest absolute Gasteiger partial charge is 0.444 e. The molecule has 41 heavy (non-hydrogen) atoms. The van der Waals surface area contributed by atoms with Crippen molar-refractivity contribution in [2.75, 3.05) is 25.1 Å². The molecule has 0 heterocycles. The molecule has 1 rings (SSSR count). The third-order valence-electron chi connectivity index (χ3n) is 7.00. The second-order valence-corrected chi connectivity index (χ2v) is 13.0. The number of alkyl carbamates (subject to hydrolysis) is 1. The van der Waals surface area contributed by atoms with E-state index in [1.54, 1.807) is 37.4 Å². The zero-order valence-corrected chi connectivity index (χ0v) is 27.9. The number of hydrogen-bond acceptors (Lipinski definition) is 5. The molecule has 0 spiro atoms. The van der Waals surface area contributed by atoms with Crippen LogP contribution in [-0.2, 0) is 14.3 Å². The van der Waals surface area contributed by atoms with Crippen molar-refractivity contribution in [1.29, 1.82) is 0 Å². The smallest absolute Gasteiger partial charge is 0.408 e. The molecule has 0 radical (unpaired) electrons. The molecule has 0 fully saturated rings. The minimum Gasteiger partial charge on any atom is -0.444 e. The first-order valence-corrected chi connectivity index (χ1v) is 17.0. The monoisotopic (exact) mass is 591 g/mol. The summed E-state index contributed by atoms with van der Waals surface area (Å²) in [4.78, 5) is 42.8. The lowest BCUT2D eigenvalue weighted by Crippen LogP contribution is -2.53. The molecule has 0 bridgehead atoms. The van der Waals surface area contributed by atoms with Crippen molar-refractivity contribution in [3.8, 4) is 0 Å². The van der Waals surface area contributed by atoms with E-state index in [4.69, 9.17) is 4.74 Å². The van der Waals surface area contributed by atoms with Crippen LogP contribution in [0.3, 0.4) is 0 Å². The van der Waals surface area contributed by atoms with Crippen LogP contribution in [0.1, 0.15) is 122 Å². The number of benzene rings is 1. The van der Waals surface area contributed by atoms with Crippen LogP contribution in [0.25, 0.3) is 0 Å². The van der Waals surface area contributed by atoms with Gasteiger partial charge >= 0.3 is 6.09 Å². The Labute approximate surface area is 254 Å². The number of rotatable bonds is 19. The van der Waals surface area contributed by atoms with Gasteiger partial charge in [-0.3, -0.25) is 9.59 Å². The van der Waals surface area contributed by atoms with Crippen LogP contribution in [0.2, 0.25) is 0 Å². The molecule has 2 unspecified atom stereocenters. The van der Waals surface area contributed by atoms with Crippen molar-refractivity contribution >= 4 is 29.7 Å². The fraction of sp³-hybridized carbons (Fsp3) is 0.727. The van der Waals surface area contributed by atoms with Crippen LogP contribution in [0, 0.1) is 13.8 Å². The summed E-state index contributed by atoms with van der Waals surface area (Å²) in [7, 11) is 0. The fourth-order valence-corrected chi connectivity index (χ4v) is 5.23. The van der Waals surface area contributed by atoms with Crippen LogP contribution in [-0.4, -0.2) is 59.5 Å². The Balaban J connectivity index is 3.46. The van der Waals surface area contributed by atoms with Crippen LogP contribution in [0.4, 0.5) is 4.79 Å². The number of nitrogens with zero attached hydrogens (tertiary/aromatic N) is 1. The Morgan fingerprint density at radius 1 is 0.951 bits per heavy atom. The maximum Gasteiger partial charge on any atom is 0.408 e. The van der Waals surface area contributed by atoms with Crippen LogP contribution in [0.5, 0.6) is 0 Å². The summed E-state index contributed by atoms with van der Waals surface area (Å²) in [6.07, 6.45) is 11.2. The number of hydrogen-bond donors (Lipinski definition) is 2. The number of amides is 3. The Bertz CT molecular complexity index is 932. The Hall–Kier alpha value is -2.22. The van der Waals surface area contributed by atoms with Crippen LogP contribution in [0.15, 0.2) is 18.2 Å². The minimum absolute atomic E-state index is 0.171. The van der Waals surface area contributed by atoms with E-state index in [0.29, 0.717) is 25.3 Å². The van der Waals surface area contributed by atoms with Gasteiger partial charge in [0, 0.05) is 13.1 Å². The van der Waals surface area contributed by atoms with Gasteiger partial charge in [-0.05, 0) is 77.0 Å². The third kappa shape index (κ3) is 14.5. The molecular weight excluding hydrogens is 534 g/mol. The van der Waals surface area contributed by atoms with Gasteiger partial charge in [-0.1, -0.05) is 82.6 Å². The molecule has 0 saturated heterocycles. The normalized spacial score (nSPS) is 12.9. The topological polar surface area (TPSA) is 87.7 Å². The molecule has 234 valence electrons. The first-order valence-electron chi connectivity index (χ1n) is 15.6. The maximum absolute atomic E-state index is 14.4. The summed E-state index contributed by atoms with van der Waals surface area (Å²) in [5.74, 6) is 0.275.